The molecule has 1 heterocycles. The Morgan fingerprint density at radius 3 is 2.70 bits per heavy atom. The molecule has 1 aromatic heterocycles. The summed E-state index contributed by atoms with van der Waals surface area (Å²) in [6.45, 7) is 4.21. The Hall–Kier alpha value is -2.14. The molecule has 1 amide bonds. The Morgan fingerprint density at radius 1 is 1.35 bits per heavy atom. The van der Waals surface area contributed by atoms with Crippen molar-refractivity contribution in [1.29, 1.82) is 0 Å². The minimum atomic E-state index is -0.307. The highest BCUT2D eigenvalue weighted by Crippen LogP contribution is 2.28. The third kappa shape index (κ3) is 3.24. The highest BCUT2D eigenvalue weighted by atomic mass is 35.5. The number of carbonyl (C=O) groups is 1. The molecule has 2 aromatic rings. The number of ether oxygens (including phenoxy) is 1. The van der Waals surface area contributed by atoms with Gasteiger partial charge in [-0.1, -0.05) is 11.6 Å². The van der Waals surface area contributed by atoms with Crippen LogP contribution >= 0.6 is 11.6 Å². The predicted octanol–water partition coefficient (Wildman–Crippen LogP) is 3.09. The molecule has 6 heteroatoms. The largest absolute Gasteiger partial charge is 0.492 e. The maximum atomic E-state index is 12.2. The molecule has 104 valence electrons. The Morgan fingerprint density at radius 2 is 2.05 bits per heavy atom. The summed E-state index contributed by atoms with van der Waals surface area (Å²) < 4.78 is 5.38. The highest BCUT2D eigenvalue weighted by Gasteiger charge is 2.14. The summed E-state index contributed by atoms with van der Waals surface area (Å²) in [5, 5.41) is 3.02. The van der Waals surface area contributed by atoms with Crippen molar-refractivity contribution in [2.45, 2.75) is 13.8 Å². The fourth-order valence-corrected chi connectivity index (χ4v) is 1.92. The number of nitrogens with zero attached hydrogens (tertiary/aromatic N) is 2. The van der Waals surface area contributed by atoms with Crippen LogP contribution in [0.4, 0.5) is 5.95 Å². The first kappa shape index (κ1) is 14.3. The van der Waals surface area contributed by atoms with Gasteiger partial charge in [0.25, 0.3) is 5.91 Å². The van der Waals surface area contributed by atoms with Crippen LogP contribution in [0.3, 0.4) is 0 Å². The lowest BCUT2D eigenvalue weighted by Crippen LogP contribution is -2.15. The van der Waals surface area contributed by atoms with E-state index in [4.69, 9.17) is 16.3 Å². The van der Waals surface area contributed by atoms with Crippen molar-refractivity contribution in [1.82, 2.24) is 9.97 Å². The van der Waals surface area contributed by atoms with E-state index in [1.165, 1.54) is 0 Å². The minimum absolute atomic E-state index is 0.252. The van der Waals surface area contributed by atoms with Crippen molar-refractivity contribution < 1.29 is 9.53 Å². The zero-order chi connectivity index (χ0) is 14.5. The SMILES string of the molecule is CCOc1cc(C)c(C(=O)Nc2ncccn2)cc1Cl. The summed E-state index contributed by atoms with van der Waals surface area (Å²) in [5.74, 6) is 0.514. The first-order chi connectivity index (χ1) is 9.61. The van der Waals surface area contributed by atoms with E-state index < -0.39 is 0 Å². The average Bonchev–Trinajstić information content (AvgIpc) is 2.43. The standard InChI is InChI=1S/C14H14ClN3O2/c1-3-20-12-7-9(2)10(8-11(12)15)13(19)18-14-16-5-4-6-17-14/h4-8H,3H2,1-2H3,(H,16,17,18,19). The summed E-state index contributed by atoms with van der Waals surface area (Å²) in [6.07, 6.45) is 3.11. The second-order valence-electron chi connectivity index (χ2n) is 4.06. The number of halogens is 1. The van der Waals surface area contributed by atoms with Crippen LogP contribution in [-0.2, 0) is 0 Å². The van der Waals surface area contributed by atoms with E-state index >= 15 is 0 Å². The van der Waals surface area contributed by atoms with Crippen LogP contribution in [0.25, 0.3) is 0 Å². The van der Waals surface area contributed by atoms with Crippen LogP contribution in [0.1, 0.15) is 22.8 Å². The number of amides is 1. The van der Waals surface area contributed by atoms with E-state index in [0.717, 1.165) is 5.56 Å². The number of benzene rings is 1. The summed E-state index contributed by atoms with van der Waals surface area (Å²) in [7, 11) is 0. The van der Waals surface area contributed by atoms with Crippen LogP contribution in [0.2, 0.25) is 5.02 Å². The smallest absolute Gasteiger partial charge is 0.258 e. The zero-order valence-corrected chi connectivity index (χ0v) is 11.9. The first-order valence-corrected chi connectivity index (χ1v) is 6.51. The van der Waals surface area contributed by atoms with E-state index in [2.05, 4.69) is 15.3 Å². The number of aromatic nitrogens is 2. The summed E-state index contributed by atoms with van der Waals surface area (Å²) in [5.41, 5.74) is 1.23. The Labute approximate surface area is 122 Å². The van der Waals surface area contributed by atoms with Crippen LogP contribution < -0.4 is 10.1 Å². The van der Waals surface area contributed by atoms with Crippen molar-refractivity contribution in [2.75, 3.05) is 11.9 Å². The number of nitrogens with one attached hydrogen (secondary N) is 1. The van der Waals surface area contributed by atoms with E-state index in [-0.39, 0.29) is 11.9 Å². The van der Waals surface area contributed by atoms with E-state index in [1.807, 2.05) is 13.8 Å². The molecule has 0 aliphatic carbocycles. The highest BCUT2D eigenvalue weighted by molar-refractivity contribution is 6.32. The predicted molar refractivity (Wildman–Crippen MR) is 77.3 cm³/mol. The van der Waals surface area contributed by atoms with E-state index in [9.17, 15) is 4.79 Å². The molecule has 0 aliphatic rings. The topological polar surface area (TPSA) is 64.1 Å². The van der Waals surface area contributed by atoms with Gasteiger partial charge in [0, 0.05) is 18.0 Å². The van der Waals surface area contributed by atoms with Crippen molar-refractivity contribution in [3.63, 3.8) is 0 Å². The molecule has 1 aromatic carbocycles. The van der Waals surface area contributed by atoms with Gasteiger partial charge >= 0.3 is 0 Å². The second kappa shape index (κ2) is 6.34. The van der Waals surface area contributed by atoms with Crippen molar-refractivity contribution >= 4 is 23.5 Å². The summed E-state index contributed by atoms with van der Waals surface area (Å²) >= 11 is 6.09. The molecular formula is C14H14ClN3O2. The van der Waals surface area contributed by atoms with Crippen molar-refractivity contribution in [3.8, 4) is 5.75 Å². The molecule has 20 heavy (non-hydrogen) atoms. The molecule has 0 aliphatic heterocycles. The second-order valence-corrected chi connectivity index (χ2v) is 4.46. The monoisotopic (exact) mass is 291 g/mol. The maximum absolute atomic E-state index is 12.2. The van der Waals surface area contributed by atoms with Gasteiger partial charge in [0.2, 0.25) is 5.95 Å². The lowest BCUT2D eigenvalue weighted by Gasteiger charge is -2.11. The fraction of sp³-hybridized carbons (Fsp3) is 0.214. The Bertz CT molecular complexity index is 617. The minimum Gasteiger partial charge on any atom is -0.492 e. The van der Waals surface area contributed by atoms with Crippen LogP contribution in [0, 0.1) is 6.92 Å². The van der Waals surface area contributed by atoms with Gasteiger partial charge in [0.15, 0.2) is 0 Å². The van der Waals surface area contributed by atoms with Crippen LogP contribution in [0.5, 0.6) is 5.75 Å². The van der Waals surface area contributed by atoms with Gasteiger partial charge in [0.05, 0.1) is 11.6 Å². The maximum Gasteiger partial charge on any atom is 0.258 e. The fourth-order valence-electron chi connectivity index (χ4n) is 1.70. The van der Waals surface area contributed by atoms with Gasteiger partial charge < -0.3 is 4.74 Å². The van der Waals surface area contributed by atoms with E-state index in [1.54, 1.807) is 30.6 Å². The first-order valence-electron chi connectivity index (χ1n) is 6.13. The third-order valence-electron chi connectivity index (χ3n) is 2.61. The van der Waals surface area contributed by atoms with Crippen molar-refractivity contribution in [3.05, 3.63) is 46.7 Å². The number of carbonyl (C=O) groups excluding carboxylic acids is 1. The zero-order valence-electron chi connectivity index (χ0n) is 11.2. The quantitative estimate of drug-likeness (QED) is 0.940. The molecule has 0 saturated heterocycles. The van der Waals surface area contributed by atoms with Gasteiger partial charge in [-0.2, -0.15) is 0 Å². The molecule has 0 fully saturated rings. The van der Waals surface area contributed by atoms with Crippen LogP contribution in [0.15, 0.2) is 30.6 Å². The number of hydrogen-bond acceptors (Lipinski definition) is 4. The summed E-state index contributed by atoms with van der Waals surface area (Å²) in [6, 6.07) is 5.00. The molecule has 0 radical (unpaired) electrons. The number of aryl methyl sites for hydroxylation is 1. The molecular weight excluding hydrogens is 278 g/mol. The molecule has 0 spiro atoms. The number of rotatable bonds is 4. The van der Waals surface area contributed by atoms with E-state index in [0.29, 0.717) is 22.9 Å². The number of hydrogen-bond donors (Lipinski definition) is 1. The average molecular weight is 292 g/mol. The van der Waals surface area contributed by atoms with Gasteiger partial charge in [0.1, 0.15) is 5.75 Å². The van der Waals surface area contributed by atoms with Gasteiger partial charge in [-0.25, -0.2) is 9.97 Å². The molecule has 5 nitrogen and oxygen atoms in total. The Kier molecular flexibility index (Phi) is 4.53. The molecule has 0 saturated carbocycles. The molecule has 1 N–H and O–H groups in total. The molecule has 2 rings (SSSR count). The molecule has 0 bridgehead atoms. The summed E-state index contributed by atoms with van der Waals surface area (Å²) in [4.78, 5) is 20.1. The number of anilines is 1. The van der Waals surface area contributed by atoms with Crippen molar-refractivity contribution in [2.24, 2.45) is 0 Å². The van der Waals surface area contributed by atoms with Gasteiger partial charge in [-0.3, -0.25) is 10.1 Å². The lowest BCUT2D eigenvalue weighted by atomic mass is 10.1. The van der Waals surface area contributed by atoms with Crippen LogP contribution in [-0.4, -0.2) is 22.5 Å². The molecule has 0 unspecified atom stereocenters. The third-order valence-corrected chi connectivity index (χ3v) is 2.91. The molecule has 0 atom stereocenters. The Balaban J connectivity index is 2.24. The van der Waals surface area contributed by atoms with Gasteiger partial charge in [-0.05, 0) is 37.6 Å². The normalized spacial score (nSPS) is 10.2. The van der Waals surface area contributed by atoms with Gasteiger partial charge in [-0.15, -0.1) is 0 Å². The lowest BCUT2D eigenvalue weighted by molar-refractivity contribution is 0.102.